The number of alkyl halides is 3. The molecule has 1 unspecified atom stereocenters. The lowest BCUT2D eigenvalue weighted by Crippen LogP contribution is -2.51. The SMILES string of the molecule is Cc1cc(C)n(C(=O)N2CCCCC2C(=O)Nc2ccc(-c3ccccc3OC(F)(F)F)c(Cl)c2)n1. The van der Waals surface area contributed by atoms with E-state index < -0.39 is 12.4 Å². The van der Waals surface area contributed by atoms with E-state index >= 15 is 0 Å². The Kier molecular flexibility index (Phi) is 7.26. The number of likely N-dealkylation sites (tertiary alicyclic amines) is 1. The molecule has 1 aliphatic rings. The summed E-state index contributed by atoms with van der Waals surface area (Å²) in [6.07, 6.45) is -2.80. The molecular formula is C25H24ClF3N4O3. The first kappa shape index (κ1) is 25.6. The highest BCUT2D eigenvalue weighted by atomic mass is 35.5. The number of ether oxygens (including phenoxy) is 1. The van der Waals surface area contributed by atoms with Gasteiger partial charge in [-0.1, -0.05) is 35.9 Å². The fourth-order valence-corrected chi connectivity index (χ4v) is 4.60. The number of nitrogens with zero attached hydrogens (tertiary/aromatic N) is 3. The van der Waals surface area contributed by atoms with E-state index in [0.717, 1.165) is 12.8 Å². The Balaban J connectivity index is 1.54. The lowest BCUT2D eigenvalue weighted by molar-refractivity contribution is -0.274. The molecule has 0 radical (unpaired) electrons. The van der Waals surface area contributed by atoms with E-state index in [2.05, 4.69) is 15.2 Å². The Morgan fingerprint density at radius 2 is 1.83 bits per heavy atom. The van der Waals surface area contributed by atoms with Gasteiger partial charge in [0.1, 0.15) is 11.8 Å². The van der Waals surface area contributed by atoms with E-state index in [1.807, 2.05) is 0 Å². The van der Waals surface area contributed by atoms with Crippen LogP contribution < -0.4 is 10.1 Å². The molecule has 11 heteroatoms. The maximum absolute atomic E-state index is 13.2. The van der Waals surface area contributed by atoms with Gasteiger partial charge in [-0.3, -0.25) is 4.79 Å². The van der Waals surface area contributed by atoms with Gasteiger partial charge in [0.25, 0.3) is 0 Å². The summed E-state index contributed by atoms with van der Waals surface area (Å²) < 4.78 is 43.8. The fourth-order valence-electron chi connectivity index (χ4n) is 4.32. The number of benzene rings is 2. The van der Waals surface area contributed by atoms with Crippen LogP contribution in [0.5, 0.6) is 5.75 Å². The summed E-state index contributed by atoms with van der Waals surface area (Å²) in [4.78, 5) is 27.8. The number of aromatic nitrogens is 2. The van der Waals surface area contributed by atoms with Crippen LogP contribution in [0.3, 0.4) is 0 Å². The number of hydrogen-bond acceptors (Lipinski definition) is 4. The quantitative estimate of drug-likeness (QED) is 0.445. The van der Waals surface area contributed by atoms with Gasteiger partial charge in [-0.15, -0.1) is 13.2 Å². The van der Waals surface area contributed by atoms with Gasteiger partial charge in [-0.25, -0.2) is 4.79 Å². The third-order valence-electron chi connectivity index (χ3n) is 5.88. The number of rotatable bonds is 4. The predicted octanol–water partition coefficient (Wildman–Crippen LogP) is 6.18. The Morgan fingerprint density at radius 1 is 1.08 bits per heavy atom. The number of piperidine rings is 1. The maximum Gasteiger partial charge on any atom is 0.573 e. The van der Waals surface area contributed by atoms with Gasteiger partial charge < -0.3 is 15.0 Å². The zero-order valence-corrected chi connectivity index (χ0v) is 20.4. The van der Waals surface area contributed by atoms with Gasteiger partial charge in [0.15, 0.2) is 0 Å². The van der Waals surface area contributed by atoms with Crippen LogP contribution in [-0.2, 0) is 4.79 Å². The third kappa shape index (κ3) is 5.64. The molecule has 0 spiro atoms. The molecule has 36 heavy (non-hydrogen) atoms. The molecule has 1 saturated heterocycles. The molecule has 7 nitrogen and oxygen atoms in total. The van der Waals surface area contributed by atoms with Crippen molar-refractivity contribution in [3.8, 4) is 16.9 Å². The minimum absolute atomic E-state index is 0.130. The van der Waals surface area contributed by atoms with Crippen molar-refractivity contribution >= 4 is 29.2 Å². The van der Waals surface area contributed by atoms with Gasteiger partial charge in [0.2, 0.25) is 5.91 Å². The number of amides is 2. The molecule has 2 aromatic carbocycles. The summed E-state index contributed by atoms with van der Waals surface area (Å²) in [6.45, 7) is 3.99. The standard InChI is InChI=1S/C25H24ClF3N4O3/c1-15-13-16(2)33(31-15)24(35)32-12-6-5-8-21(32)23(34)30-17-10-11-18(20(26)14-17)19-7-3-4-9-22(19)36-25(27,28)29/h3-4,7,9-11,13-14,21H,5-6,8,12H2,1-2H3,(H,30,34). The molecule has 190 valence electrons. The van der Waals surface area contributed by atoms with Crippen molar-refractivity contribution in [3.63, 3.8) is 0 Å². The monoisotopic (exact) mass is 520 g/mol. The third-order valence-corrected chi connectivity index (χ3v) is 6.19. The number of carbonyl (C=O) groups is 2. The average molecular weight is 521 g/mol. The van der Waals surface area contributed by atoms with Gasteiger partial charge in [0.05, 0.1) is 10.7 Å². The minimum Gasteiger partial charge on any atom is -0.405 e. The van der Waals surface area contributed by atoms with Gasteiger partial charge in [0, 0.05) is 29.1 Å². The second kappa shape index (κ2) is 10.2. The van der Waals surface area contributed by atoms with Crippen molar-refractivity contribution in [2.75, 3.05) is 11.9 Å². The number of hydrogen-bond donors (Lipinski definition) is 1. The summed E-state index contributed by atoms with van der Waals surface area (Å²) >= 11 is 6.39. The number of anilines is 1. The van der Waals surface area contributed by atoms with Crippen molar-refractivity contribution < 1.29 is 27.5 Å². The molecular weight excluding hydrogens is 497 g/mol. The van der Waals surface area contributed by atoms with Crippen LogP contribution >= 0.6 is 11.6 Å². The Hall–Kier alpha value is -3.53. The molecule has 2 heterocycles. The highest BCUT2D eigenvalue weighted by Gasteiger charge is 2.34. The second-order valence-electron chi connectivity index (χ2n) is 8.55. The minimum atomic E-state index is -4.85. The zero-order chi connectivity index (χ0) is 26.0. The topological polar surface area (TPSA) is 76.5 Å². The lowest BCUT2D eigenvalue weighted by Gasteiger charge is -2.34. The Bertz CT molecular complexity index is 1290. The molecule has 1 aliphatic heterocycles. The van der Waals surface area contributed by atoms with Gasteiger partial charge in [-0.05, 0) is 57.4 Å². The molecule has 0 aliphatic carbocycles. The van der Waals surface area contributed by atoms with Gasteiger partial charge in [-0.2, -0.15) is 9.78 Å². The van der Waals surface area contributed by atoms with Crippen molar-refractivity contribution in [3.05, 3.63) is 64.9 Å². The summed E-state index contributed by atoms with van der Waals surface area (Å²) in [7, 11) is 0. The van der Waals surface area contributed by atoms with Crippen molar-refractivity contribution in [2.24, 2.45) is 0 Å². The van der Waals surface area contributed by atoms with E-state index in [4.69, 9.17) is 11.6 Å². The summed E-state index contributed by atoms with van der Waals surface area (Å²) in [5.41, 5.74) is 2.21. The lowest BCUT2D eigenvalue weighted by atomic mass is 10.0. The molecule has 2 amide bonds. The van der Waals surface area contributed by atoms with Gasteiger partial charge >= 0.3 is 12.4 Å². The number of halogens is 4. The predicted molar refractivity (Wildman–Crippen MR) is 129 cm³/mol. The van der Waals surface area contributed by atoms with Crippen LogP contribution in [0, 0.1) is 13.8 Å². The molecule has 1 atom stereocenters. The van der Waals surface area contributed by atoms with E-state index in [1.165, 1.54) is 39.9 Å². The summed E-state index contributed by atoms with van der Waals surface area (Å²) in [5.74, 6) is -0.765. The van der Waals surface area contributed by atoms with Crippen molar-refractivity contribution in [2.45, 2.75) is 45.5 Å². The van der Waals surface area contributed by atoms with E-state index in [-0.39, 0.29) is 28.3 Å². The molecule has 0 bridgehead atoms. The molecule has 1 fully saturated rings. The summed E-state index contributed by atoms with van der Waals surface area (Å²) in [5, 5.41) is 7.15. The molecule has 0 saturated carbocycles. The van der Waals surface area contributed by atoms with E-state index in [1.54, 1.807) is 32.0 Å². The van der Waals surface area contributed by atoms with Crippen LogP contribution in [0.2, 0.25) is 5.02 Å². The number of carbonyl (C=O) groups excluding carboxylic acids is 2. The fraction of sp³-hybridized carbons (Fsp3) is 0.320. The molecule has 1 aromatic heterocycles. The van der Waals surface area contributed by atoms with E-state index in [9.17, 15) is 22.8 Å². The highest BCUT2D eigenvalue weighted by molar-refractivity contribution is 6.33. The van der Waals surface area contributed by atoms with Crippen molar-refractivity contribution in [1.29, 1.82) is 0 Å². The van der Waals surface area contributed by atoms with E-state index in [0.29, 0.717) is 35.6 Å². The zero-order valence-electron chi connectivity index (χ0n) is 19.6. The largest absolute Gasteiger partial charge is 0.573 e. The highest BCUT2D eigenvalue weighted by Crippen LogP contribution is 2.38. The normalized spacial score (nSPS) is 16.1. The average Bonchev–Trinajstić information content (AvgIpc) is 3.16. The Labute approximate surface area is 210 Å². The number of aryl methyl sites for hydroxylation is 2. The van der Waals surface area contributed by atoms with Crippen LogP contribution in [-0.4, -0.2) is 45.6 Å². The van der Waals surface area contributed by atoms with Crippen LogP contribution in [0.25, 0.3) is 11.1 Å². The smallest absolute Gasteiger partial charge is 0.405 e. The molecule has 4 rings (SSSR count). The van der Waals surface area contributed by atoms with Crippen LogP contribution in [0.4, 0.5) is 23.7 Å². The first-order valence-corrected chi connectivity index (χ1v) is 11.7. The summed E-state index contributed by atoms with van der Waals surface area (Å²) in [6, 6.07) is 10.9. The van der Waals surface area contributed by atoms with Crippen LogP contribution in [0.15, 0.2) is 48.5 Å². The second-order valence-corrected chi connectivity index (χ2v) is 8.96. The number of para-hydroxylation sites is 1. The Morgan fingerprint density at radius 3 is 2.50 bits per heavy atom. The van der Waals surface area contributed by atoms with Crippen LogP contribution in [0.1, 0.15) is 30.7 Å². The first-order chi connectivity index (χ1) is 17.0. The first-order valence-electron chi connectivity index (χ1n) is 11.3. The number of nitrogens with one attached hydrogen (secondary N) is 1. The molecule has 1 N–H and O–H groups in total. The molecule has 3 aromatic rings. The maximum atomic E-state index is 13.2. The van der Waals surface area contributed by atoms with Crippen molar-refractivity contribution in [1.82, 2.24) is 14.7 Å².